The molecule has 2 N–H and O–H groups in total. The zero-order valence-electron chi connectivity index (χ0n) is 8.24. The minimum absolute atomic E-state index is 0.105. The van der Waals surface area contributed by atoms with Gasteiger partial charge in [0.25, 0.3) is 0 Å². The number of hydrogen-bond donors (Lipinski definition) is 1. The Labute approximate surface area is 97.7 Å². The molecule has 0 saturated heterocycles. The largest absolute Gasteiger partial charge is 0.396 e. The van der Waals surface area contributed by atoms with Gasteiger partial charge >= 0.3 is 0 Å². The summed E-state index contributed by atoms with van der Waals surface area (Å²) in [6.07, 6.45) is 5.37. The molecule has 0 aliphatic heterocycles. The Bertz CT molecular complexity index is 393. The maximum atomic E-state index is 10.6. The highest BCUT2D eigenvalue weighted by atomic mass is 35.5. The molecule has 15 heavy (non-hydrogen) atoms. The first kappa shape index (κ1) is 12.1. The third-order valence-electron chi connectivity index (χ3n) is 1.58. The molecule has 0 spiro atoms. The van der Waals surface area contributed by atoms with E-state index in [-0.39, 0.29) is 5.12 Å². The number of hydrogen-bond acceptors (Lipinski definition) is 4. The molecular formula is C10H11ClN2OS. The van der Waals surface area contributed by atoms with Gasteiger partial charge in [-0.2, -0.15) is 0 Å². The van der Waals surface area contributed by atoms with Gasteiger partial charge < -0.3 is 5.73 Å². The van der Waals surface area contributed by atoms with Crippen LogP contribution in [0.5, 0.6) is 0 Å². The number of anilines is 1. The highest BCUT2D eigenvalue weighted by molar-refractivity contribution is 8.13. The molecule has 3 nitrogen and oxygen atoms in total. The van der Waals surface area contributed by atoms with Crippen LogP contribution in [0.1, 0.15) is 12.5 Å². The van der Waals surface area contributed by atoms with E-state index in [4.69, 9.17) is 17.3 Å². The Morgan fingerprint density at radius 1 is 1.73 bits per heavy atom. The molecular weight excluding hydrogens is 232 g/mol. The summed E-state index contributed by atoms with van der Waals surface area (Å²) in [4.78, 5) is 14.5. The maximum Gasteiger partial charge on any atom is 0.186 e. The van der Waals surface area contributed by atoms with Gasteiger partial charge in [-0.15, -0.1) is 0 Å². The zero-order chi connectivity index (χ0) is 11.3. The molecule has 1 aromatic heterocycles. The quantitative estimate of drug-likeness (QED) is 0.828. The molecule has 1 rings (SSSR count). The first-order valence-electron chi connectivity index (χ1n) is 4.30. The molecule has 0 aromatic carbocycles. The summed E-state index contributed by atoms with van der Waals surface area (Å²) in [5, 5.41) is 0.415. The third kappa shape index (κ3) is 4.36. The van der Waals surface area contributed by atoms with E-state index in [1.54, 1.807) is 19.2 Å². The van der Waals surface area contributed by atoms with Crippen molar-refractivity contribution >= 4 is 40.2 Å². The number of pyridine rings is 1. The monoisotopic (exact) mass is 242 g/mol. The number of carbonyl (C=O) groups is 1. The van der Waals surface area contributed by atoms with Gasteiger partial charge in [-0.05, 0) is 11.6 Å². The predicted molar refractivity (Wildman–Crippen MR) is 65.8 cm³/mol. The standard InChI is InChI=1S/C10H11ClN2OS/c1-7(14)15-4-2-3-8-5-9(12)10(11)13-6-8/h2-3,5-6H,4,12H2,1H3. The maximum absolute atomic E-state index is 10.6. The van der Waals surface area contributed by atoms with Crippen LogP contribution in [0.15, 0.2) is 18.3 Å². The number of aromatic nitrogens is 1. The zero-order valence-corrected chi connectivity index (χ0v) is 9.81. The van der Waals surface area contributed by atoms with Gasteiger partial charge in [0.1, 0.15) is 0 Å². The topological polar surface area (TPSA) is 56.0 Å². The van der Waals surface area contributed by atoms with E-state index in [1.165, 1.54) is 11.8 Å². The summed E-state index contributed by atoms with van der Waals surface area (Å²) in [5.41, 5.74) is 6.92. The van der Waals surface area contributed by atoms with Crippen molar-refractivity contribution in [2.24, 2.45) is 0 Å². The fourth-order valence-electron chi connectivity index (χ4n) is 0.923. The molecule has 0 aliphatic carbocycles. The Morgan fingerprint density at radius 2 is 2.47 bits per heavy atom. The number of nitrogen functional groups attached to an aromatic ring is 1. The smallest absolute Gasteiger partial charge is 0.186 e. The molecule has 0 saturated carbocycles. The van der Waals surface area contributed by atoms with Crippen molar-refractivity contribution in [2.75, 3.05) is 11.5 Å². The summed E-state index contributed by atoms with van der Waals surface area (Å²) < 4.78 is 0. The lowest BCUT2D eigenvalue weighted by molar-refractivity contribution is -0.109. The van der Waals surface area contributed by atoms with Gasteiger partial charge in [0.15, 0.2) is 10.3 Å². The van der Waals surface area contributed by atoms with E-state index in [0.29, 0.717) is 16.6 Å². The van der Waals surface area contributed by atoms with E-state index in [9.17, 15) is 4.79 Å². The van der Waals surface area contributed by atoms with Crippen LogP contribution in [0, 0.1) is 0 Å². The van der Waals surface area contributed by atoms with Crippen LogP contribution in [0.2, 0.25) is 5.15 Å². The van der Waals surface area contributed by atoms with E-state index in [1.807, 2.05) is 12.2 Å². The summed E-state index contributed by atoms with van der Waals surface area (Å²) in [6.45, 7) is 1.54. The molecule has 80 valence electrons. The van der Waals surface area contributed by atoms with Gasteiger partial charge in [-0.3, -0.25) is 4.79 Å². The van der Waals surface area contributed by atoms with Crippen molar-refractivity contribution in [3.05, 3.63) is 29.1 Å². The Kier molecular flexibility index (Phi) is 4.65. The van der Waals surface area contributed by atoms with Gasteiger partial charge in [-0.1, -0.05) is 35.5 Å². The summed E-state index contributed by atoms with van der Waals surface area (Å²) >= 11 is 6.93. The van der Waals surface area contributed by atoms with E-state index in [2.05, 4.69) is 4.98 Å². The van der Waals surface area contributed by atoms with Crippen molar-refractivity contribution in [1.29, 1.82) is 0 Å². The molecule has 0 amide bonds. The summed E-state index contributed by atoms with van der Waals surface area (Å²) in [6, 6.07) is 1.74. The van der Waals surface area contributed by atoms with Crippen molar-refractivity contribution in [1.82, 2.24) is 4.98 Å². The minimum Gasteiger partial charge on any atom is -0.396 e. The molecule has 5 heteroatoms. The molecule has 0 radical (unpaired) electrons. The second-order valence-electron chi connectivity index (χ2n) is 2.85. The Balaban J connectivity index is 2.57. The average Bonchev–Trinajstić information content (AvgIpc) is 2.18. The van der Waals surface area contributed by atoms with Crippen molar-refractivity contribution in [2.45, 2.75) is 6.92 Å². The summed E-state index contributed by atoms with van der Waals surface area (Å²) in [7, 11) is 0. The van der Waals surface area contributed by atoms with E-state index in [0.717, 1.165) is 5.56 Å². The highest BCUT2D eigenvalue weighted by Crippen LogP contribution is 2.17. The third-order valence-corrected chi connectivity index (χ3v) is 2.66. The molecule has 1 aromatic rings. The molecule has 0 bridgehead atoms. The van der Waals surface area contributed by atoms with Crippen LogP contribution < -0.4 is 5.73 Å². The van der Waals surface area contributed by atoms with E-state index >= 15 is 0 Å². The molecule has 1 heterocycles. The second kappa shape index (κ2) is 5.78. The Hall–Kier alpha value is -1.00. The van der Waals surface area contributed by atoms with Crippen molar-refractivity contribution in [3.63, 3.8) is 0 Å². The van der Waals surface area contributed by atoms with Gasteiger partial charge in [0.2, 0.25) is 0 Å². The lowest BCUT2D eigenvalue weighted by Gasteiger charge is -1.97. The highest BCUT2D eigenvalue weighted by Gasteiger charge is 1.96. The van der Waals surface area contributed by atoms with Gasteiger partial charge in [0.05, 0.1) is 5.69 Å². The number of rotatable bonds is 3. The lowest BCUT2D eigenvalue weighted by atomic mass is 10.2. The molecule has 0 fully saturated rings. The normalized spacial score (nSPS) is 10.8. The number of thioether (sulfide) groups is 1. The first-order valence-corrected chi connectivity index (χ1v) is 5.67. The first-order chi connectivity index (χ1) is 7.09. The van der Waals surface area contributed by atoms with Crippen LogP contribution in [0.4, 0.5) is 5.69 Å². The predicted octanol–water partition coefficient (Wildman–Crippen LogP) is 2.61. The number of nitrogens with two attached hydrogens (primary N) is 1. The van der Waals surface area contributed by atoms with Gasteiger partial charge in [0, 0.05) is 18.9 Å². The molecule has 0 atom stereocenters. The van der Waals surface area contributed by atoms with Gasteiger partial charge in [-0.25, -0.2) is 4.98 Å². The summed E-state index contributed by atoms with van der Waals surface area (Å²) in [5.74, 6) is 0.651. The fraction of sp³-hybridized carbons (Fsp3) is 0.200. The van der Waals surface area contributed by atoms with Crippen molar-refractivity contribution < 1.29 is 4.79 Å². The second-order valence-corrected chi connectivity index (χ2v) is 4.41. The number of halogens is 1. The minimum atomic E-state index is 0.105. The number of nitrogens with zero attached hydrogens (tertiary/aromatic N) is 1. The molecule has 0 unspecified atom stereocenters. The van der Waals surface area contributed by atoms with Crippen LogP contribution in [0.25, 0.3) is 6.08 Å². The number of carbonyl (C=O) groups excluding carboxylic acids is 1. The lowest BCUT2D eigenvalue weighted by Crippen LogP contribution is -1.89. The van der Waals surface area contributed by atoms with Crippen LogP contribution in [-0.4, -0.2) is 15.9 Å². The Morgan fingerprint density at radius 3 is 3.07 bits per heavy atom. The van der Waals surface area contributed by atoms with Crippen LogP contribution in [-0.2, 0) is 4.79 Å². The van der Waals surface area contributed by atoms with E-state index < -0.39 is 0 Å². The van der Waals surface area contributed by atoms with Crippen LogP contribution in [0.3, 0.4) is 0 Å². The van der Waals surface area contributed by atoms with Crippen LogP contribution >= 0.6 is 23.4 Å². The average molecular weight is 243 g/mol. The SMILES string of the molecule is CC(=O)SCC=Cc1cnc(Cl)c(N)c1. The van der Waals surface area contributed by atoms with Crippen molar-refractivity contribution in [3.8, 4) is 0 Å². The molecule has 0 aliphatic rings. The fourth-order valence-corrected chi connectivity index (χ4v) is 1.45.